The number of anilines is 2. The Morgan fingerprint density at radius 1 is 1.33 bits per heavy atom. The molecule has 1 aliphatic rings. The van der Waals surface area contributed by atoms with E-state index in [0.717, 1.165) is 23.7 Å². The summed E-state index contributed by atoms with van der Waals surface area (Å²) in [5.74, 6) is 0. The monoisotopic (exact) mass is 247 g/mol. The Bertz CT molecular complexity index is 579. The van der Waals surface area contributed by atoms with E-state index in [9.17, 15) is 0 Å². The number of aliphatic hydroxyl groups excluding tert-OH is 1. The number of aromatic nitrogens is 1. The molecule has 1 fully saturated rings. The number of hydrogen-bond acceptors (Lipinski definition) is 4. The average molecular weight is 247 g/mol. The lowest BCUT2D eigenvalue weighted by atomic mass is 10.2. The maximum absolute atomic E-state index is 9.11. The van der Waals surface area contributed by atoms with Crippen molar-refractivity contribution < 1.29 is 9.84 Å². The van der Waals surface area contributed by atoms with Crippen molar-refractivity contribution in [2.75, 3.05) is 18.1 Å². The average Bonchev–Trinajstić information content (AvgIpc) is 2.93. The molecule has 5 nitrogen and oxygen atoms in total. The first-order chi connectivity index (χ1) is 8.69. The molecular formula is C13H17N3O2. The fourth-order valence-electron chi connectivity index (χ4n) is 2.59. The van der Waals surface area contributed by atoms with Crippen LogP contribution in [0.25, 0.3) is 10.9 Å². The van der Waals surface area contributed by atoms with Gasteiger partial charge >= 0.3 is 0 Å². The van der Waals surface area contributed by atoms with Gasteiger partial charge in [-0.1, -0.05) is 0 Å². The summed E-state index contributed by atoms with van der Waals surface area (Å²) in [6.45, 7) is 0.0694. The molecule has 5 heteroatoms. The van der Waals surface area contributed by atoms with Crippen molar-refractivity contribution in [2.45, 2.75) is 25.2 Å². The predicted octanol–water partition coefficient (Wildman–Crippen LogP) is 1.48. The van der Waals surface area contributed by atoms with Crippen LogP contribution in [0.1, 0.15) is 19.1 Å². The summed E-state index contributed by atoms with van der Waals surface area (Å²) in [4.78, 5) is 0. The smallest absolute Gasteiger partial charge is 0.134 e. The Kier molecular flexibility index (Phi) is 2.65. The van der Waals surface area contributed by atoms with E-state index in [-0.39, 0.29) is 18.9 Å². The Hall–Kier alpha value is -1.72. The van der Waals surface area contributed by atoms with Crippen molar-refractivity contribution in [3.05, 3.63) is 24.4 Å². The number of rotatable bonds is 2. The maximum atomic E-state index is 9.11. The van der Waals surface area contributed by atoms with Gasteiger partial charge in [0.15, 0.2) is 0 Å². The molecule has 2 atom stereocenters. The summed E-state index contributed by atoms with van der Waals surface area (Å²) in [5.41, 5.74) is 14.1. The van der Waals surface area contributed by atoms with Crippen LogP contribution < -0.4 is 11.5 Å². The summed E-state index contributed by atoms with van der Waals surface area (Å²) in [5, 5.41) is 10.1. The normalized spacial score (nSPS) is 23.8. The van der Waals surface area contributed by atoms with Crippen LogP contribution in [0.15, 0.2) is 24.4 Å². The summed E-state index contributed by atoms with van der Waals surface area (Å²) in [6, 6.07) is 5.64. The molecule has 0 saturated carbocycles. The third kappa shape index (κ3) is 1.72. The first-order valence-corrected chi connectivity index (χ1v) is 6.11. The van der Waals surface area contributed by atoms with Crippen LogP contribution >= 0.6 is 0 Å². The van der Waals surface area contributed by atoms with Crippen molar-refractivity contribution in [1.82, 2.24) is 4.57 Å². The lowest BCUT2D eigenvalue weighted by Gasteiger charge is -2.15. The fourth-order valence-corrected chi connectivity index (χ4v) is 2.59. The van der Waals surface area contributed by atoms with Crippen LogP contribution in [0.3, 0.4) is 0 Å². The molecule has 0 aliphatic carbocycles. The van der Waals surface area contributed by atoms with Gasteiger partial charge in [-0.2, -0.15) is 0 Å². The standard InChI is InChI=1S/C13H17N3O2/c14-8-5-11(15)10-3-4-16(12(10)6-8)13-2-1-9(7-17)18-13/h3-6,9,13,17H,1-2,7,14-15H2/t9-,13-/m0/s1. The zero-order chi connectivity index (χ0) is 12.7. The number of ether oxygens (including phenoxy) is 1. The van der Waals surface area contributed by atoms with Crippen molar-refractivity contribution in [3.63, 3.8) is 0 Å². The van der Waals surface area contributed by atoms with Gasteiger partial charge in [0.2, 0.25) is 0 Å². The molecule has 2 heterocycles. The summed E-state index contributed by atoms with van der Waals surface area (Å²) < 4.78 is 7.81. The van der Waals surface area contributed by atoms with Gasteiger partial charge in [0.25, 0.3) is 0 Å². The van der Waals surface area contributed by atoms with E-state index in [1.807, 2.05) is 22.9 Å². The van der Waals surface area contributed by atoms with Gasteiger partial charge in [-0.25, -0.2) is 0 Å². The Morgan fingerprint density at radius 3 is 2.89 bits per heavy atom. The minimum absolute atomic E-state index is 0.0409. The van der Waals surface area contributed by atoms with E-state index in [1.165, 1.54) is 0 Å². The van der Waals surface area contributed by atoms with Crippen LogP contribution in [-0.2, 0) is 4.74 Å². The second-order valence-electron chi connectivity index (χ2n) is 4.74. The molecular weight excluding hydrogens is 230 g/mol. The van der Waals surface area contributed by atoms with E-state index in [2.05, 4.69) is 0 Å². The van der Waals surface area contributed by atoms with Crippen LogP contribution in [-0.4, -0.2) is 22.4 Å². The Morgan fingerprint density at radius 2 is 2.17 bits per heavy atom. The molecule has 0 radical (unpaired) electrons. The van der Waals surface area contributed by atoms with Gasteiger partial charge in [-0.05, 0) is 31.0 Å². The quantitative estimate of drug-likeness (QED) is 0.701. The molecule has 0 unspecified atom stereocenters. The molecule has 1 saturated heterocycles. The van der Waals surface area contributed by atoms with Crippen molar-refractivity contribution >= 4 is 22.3 Å². The first-order valence-electron chi connectivity index (χ1n) is 6.11. The number of nitrogens with zero attached hydrogens (tertiary/aromatic N) is 1. The van der Waals surface area contributed by atoms with Gasteiger partial charge in [0.05, 0.1) is 18.2 Å². The largest absolute Gasteiger partial charge is 0.399 e. The molecule has 18 heavy (non-hydrogen) atoms. The third-order valence-corrected chi connectivity index (χ3v) is 3.49. The first kappa shape index (κ1) is 11.4. The van der Waals surface area contributed by atoms with Crippen molar-refractivity contribution in [1.29, 1.82) is 0 Å². The summed E-state index contributed by atoms with van der Waals surface area (Å²) in [6.07, 6.45) is 3.62. The zero-order valence-electron chi connectivity index (χ0n) is 10.0. The molecule has 0 bridgehead atoms. The molecule has 0 amide bonds. The minimum Gasteiger partial charge on any atom is -0.399 e. The van der Waals surface area contributed by atoms with E-state index in [0.29, 0.717) is 11.4 Å². The van der Waals surface area contributed by atoms with Crippen LogP contribution in [0.5, 0.6) is 0 Å². The maximum Gasteiger partial charge on any atom is 0.134 e. The van der Waals surface area contributed by atoms with E-state index >= 15 is 0 Å². The van der Waals surface area contributed by atoms with Crippen molar-refractivity contribution in [2.24, 2.45) is 0 Å². The molecule has 96 valence electrons. The Balaban J connectivity index is 2.03. The SMILES string of the molecule is Nc1cc(N)c2ccn([C@@H]3CC[C@@H](CO)O3)c2c1. The van der Waals surface area contributed by atoms with Gasteiger partial charge in [-0.3, -0.25) is 0 Å². The number of fused-ring (bicyclic) bond motifs is 1. The van der Waals surface area contributed by atoms with Gasteiger partial charge < -0.3 is 25.9 Å². The highest BCUT2D eigenvalue weighted by molar-refractivity contribution is 5.94. The summed E-state index contributed by atoms with van der Waals surface area (Å²) in [7, 11) is 0. The van der Waals surface area contributed by atoms with Crippen LogP contribution in [0.4, 0.5) is 11.4 Å². The topological polar surface area (TPSA) is 86.4 Å². The van der Waals surface area contributed by atoms with Crippen LogP contribution in [0, 0.1) is 0 Å². The highest BCUT2D eigenvalue weighted by Gasteiger charge is 2.26. The zero-order valence-corrected chi connectivity index (χ0v) is 10.0. The fraction of sp³-hybridized carbons (Fsp3) is 0.385. The third-order valence-electron chi connectivity index (χ3n) is 3.49. The molecule has 1 aromatic heterocycles. The van der Waals surface area contributed by atoms with E-state index in [4.69, 9.17) is 21.3 Å². The number of aliphatic hydroxyl groups is 1. The van der Waals surface area contributed by atoms with Crippen molar-refractivity contribution in [3.8, 4) is 0 Å². The number of nitrogen functional groups attached to an aromatic ring is 2. The number of nitrogens with two attached hydrogens (primary N) is 2. The second kappa shape index (κ2) is 4.19. The highest BCUT2D eigenvalue weighted by Crippen LogP contribution is 2.34. The van der Waals surface area contributed by atoms with Gasteiger partial charge in [-0.15, -0.1) is 0 Å². The second-order valence-corrected chi connectivity index (χ2v) is 4.74. The molecule has 3 rings (SSSR count). The Labute approximate surface area is 105 Å². The molecule has 1 aromatic carbocycles. The summed E-state index contributed by atoms with van der Waals surface area (Å²) >= 11 is 0. The minimum atomic E-state index is -0.0640. The number of hydrogen-bond donors (Lipinski definition) is 3. The van der Waals surface area contributed by atoms with E-state index in [1.54, 1.807) is 6.07 Å². The molecule has 5 N–H and O–H groups in total. The lowest BCUT2D eigenvalue weighted by Crippen LogP contribution is -2.13. The number of benzene rings is 1. The highest BCUT2D eigenvalue weighted by atomic mass is 16.5. The molecule has 0 spiro atoms. The predicted molar refractivity (Wildman–Crippen MR) is 71.0 cm³/mol. The van der Waals surface area contributed by atoms with E-state index < -0.39 is 0 Å². The lowest BCUT2D eigenvalue weighted by molar-refractivity contribution is -0.0202. The van der Waals surface area contributed by atoms with Crippen LogP contribution in [0.2, 0.25) is 0 Å². The van der Waals surface area contributed by atoms with Gasteiger partial charge in [0.1, 0.15) is 6.23 Å². The van der Waals surface area contributed by atoms with Gasteiger partial charge in [0, 0.05) is 23.0 Å². The molecule has 1 aliphatic heterocycles. The molecule has 2 aromatic rings.